The van der Waals surface area contributed by atoms with Gasteiger partial charge in [-0.25, -0.2) is 9.48 Å². The Kier molecular flexibility index (Phi) is 5.95. The predicted octanol–water partition coefficient (Wildman–Crippen LogP) is -0.244. The van der Waals surface area contributed by atoms with E-state index in [9.17, 15) is 14.4 Å². The van der Waals surface area contributed by atoms with Crippen LogP contribution in [0.2, 0.25) is 0 Å². The van der Waals surface area contributed by atoms with Gasteiger partial charge in [0.2, 0.25) is 11.8 Å². The van der Waals surface area contributed by atoms with Gasteiger partial charge < -0.3 is 10.2 Å². The lowest BCUT2D eigenvalue weighted by molar-refractivity contribution is -0.136. The number of carbonyl (C=O) groups is 2. The van der Waals surface area contributed by atoms with Gasteiger partial charge in [0.1, 0.15) is 12.4 Å². The fourth-order valence-electron chi connectivity index (χ4n) is 2.76. The molecule has 1 aromatic rings. The van der Waals surface area contributed by atoms with E-state index in [1.807, 2.05) is 13.8 Å². The molecule has 0 atom stereocenters. The predicted molar refractivity (Wildman–Crippen MR) is 85.0 cm³/mol. The van der Waals surface area contributed by atoms with E-state index < -0.39 is 0 Å². The first-order valence-electron chi connectivity index (χ1n) is 8.27. The molecule has 2 heterocycles. The van der Waals surface area contributed by atoms with Gasteiger partial charge >= 0.3 is 5.69 Å². The van der Waals surface area contributed by atoms with Crippen LogP contribution in [-0.2, 0) is 29.1 Å². The summed E-state index contributed by atoms with van der Waals surface area (Å²) in [5.74, 6) is 0.289. The summed E-state index contributed by atoms with van der Waals surface area (Å²) in [6.07, 6.45) is 3.85. The Morgan fingerprint density at radius 2 is 2.04 bits per heavy atom. The number of nitrogens with one attached hydrogen (secondary N) is 1. The zero-order chi connectivity index (χ0) is 16.8. The minimum Gasteiger partial charge on any atom is -0.355 e. The van der Waals surface area contributed by atoms with Crippen LogP contribution in [-0.4, -0.2) is 50.7 Å². The maximum Gasteiger partial charge on any atom is 0.346 e. The second kappa shape index (κ2) is 7.94. The Labute approximate surface area is 135 Å². The van der Waals surface area contributed by atoms with Crippen molar-refractivity contribution in [1.29, 1.82) is 0 Å². The molecule has 1 aliphatic heterocycles. The summed E-state index contributed by atoms with van der Waals surface area (Å²) in [5, 5.41) is 6.97. The molecule has 0 aliphatic carbocycles. The molecular weight excluding hydrogens is 298 g/mol. The van der Waals surface area contributed by atoms with Crippen molar-refractivity contribution in [2.75, 3.05) is 19.6 Å². The first kappa shape index (κ1) is 17.2. The average Bonchev–Trinajstić information content (AvgIpc) is 2.69. The van der Waals surface area contributed by atoms with Gasteiger partial charge in [0.15, 0.2) is 0 Å². The van der Waals surface area contributed by atoms with E-state index in [2.05, 4.69) is 10.4 Å². The molecule has 23 heavy (non-hydrogen) atoms. The molecule has 0 bridgehead atoms. The number of hydrogen-bond donors (Lipinski definition) is 1. The summed E-state index contributed by atoms with van der Waals surface area (Å²) < 4.78 is 2.89. The van der Waals surface area contributed by atoms with E-state index in [-0.39, 0.29) is 30.6 Å². The third-order valence-corrected chi connectivity index (χ3v) is 4.01. The Morgan fingerprint density at radius 3 is 2.74 bits per heavy atom. The van der Waals surface area contributed by atoms with E-state index >= 15 is 0 Å². The van der Waals surface area contributed by atoms with Crippen molar-refractivity contribution in [3.8, 4) is 0 Å². The van der Waals surface area contributed by atoms with Crippen LogP contribution in [0.3, 0.4) is 0 Å². The van der Waals surface area contributed by atoms with Crippen molar-refractivity contribution < 1.29 is 9.59 Å². The molecular formula is C15H25N5O3. The summed E-state index contributed by atoms with van der Waals surface area (Å²) in [6.45, 7) is 5.13. The summed E-state index contributed by atoms with van der Waals surface area (Å²) >= 11 is 0. The molecule has 0 unspecified atom stereocenters. The number of likely N-dealkylation sites (N-methyl/N-ethyl adjacent to an activating group) is 2. The van der Waals surface area contributed by atoms with Crippen molar-refractivity contribution in [1.82, 2.24) is 24.6 Å². The van der Waals surface area contributed by atoms with Gasteiger partial charge in [-0.1, -0.05) is 6.42 Å². The van der Waals surface area contributed by atoms with Crippen LogP contribution in [0.5, 0.6) is 0 Å². The molecule has 0 saturated heterocycles. The summed E-state index contributed by atoms with van der Waals surface area (Å²) in [6, 6.07) is 0. The number of rotatable bonds is 6. The minimum absolute atomic E-state index is 0.00545. The maximum atomic E-state index is 12.4. The van der Waals surface area contributed by atoms with Crippen LogP contribution in [0.25, 0.3) is 0 Å². The van der Waals surface area contributed by atoms with E-state index in [0.29, 0.717) is 19.6 Å². The van der Waals surface area contributed by atoms with Gasteiger partial charge in [-0.2, -0.15) is 5.10 Å². The van der Waals surface area contributed by atoms with Gasteiger partial charge in [0.05, 0.1) is 6.54 Å². The number of amides is 2. The number of carbonyl (C=O) groups excluding carboxylic acids is 2. The molecule has 0 aromatic carbocycles. The van der Waals surface area contributed by atoms with Crippen molar-refractivity contribution >= 4 is 11.8 Å². The van der Waals surface area contributed by atoms with Crippen LogP contribution in [0, 0.1) is 0 Å². The van der Waals surface area contributed by atoms with E-state index in [0.717, 1.165) is 31.5 Å². The zero-order valence-electron chi connectivity index (χ0n) is 13.9. The van der Waals surface area contributed by atoms with E-state index in [4.69, 9.17) is 0 Å². The minimum atomic E-state index is -0.269. The molecule has 0 spiro atoms. The van der Waals surface area contributed by atoms with Crippen LogP contribution in [0.4, 0.5) is 0 Å². The van der Waals surface area contributed by atoms with Gasteiger partial charge in [0.25, 0.3) is 0 Å². The number of fused-ring (bicyclic) bond motifs is 1. The third-order valence-electron chi connectivity index (χ3n) is 4.01. The number of hydrogen-bond acceptors (Lipinski definition) is 4. The maximum absolute atomic E-state index is 12.4. The Morgan fingerprint density at radius 1 is 1.26 bits per heavy atom. The summed E-state index contributed by atoms with van der Waals surface area (Å²) in [5.41, 5.74) is -0.232. The van der Waals surface area contributed by atoms with E-state index in [1.165, 1.54) is 9.58 Å². The quantitative estimate of drug-likeness (QED) is 0.782. The SMILES string of the molecule is CCNC(=O)CN(CC)C(=O)Cn1nc2n(c1=O)CCCCC2. The highest BCUT2D eigenvalue weighted by atomic mass is 16.2. The smallest absolute Gasteiger partial charge is 0.346 e. The molecule has 0 fully saturated rings. The van der Waals surface area contributed by atoms with Crippen molar-refractivity contribution in [3.63, 3.8) is 0 Å². The Bertz CT molecular complexity index is 619. The highest BCUT2D eigenvalue weighted by Crippen LogP contribution is 2.10. The third kappa shape index (κ3) is 4.20. The lowest BCUT2D eigenvalue weighted by atomic mass is 10.2. The van der Waals surface area contributed by atoms with Crippen molar-refractivity contribution in [3.05, 3.63) is 16.3 Å². The molecule has 1 aromatic heterocycles. The number of aromatic nitrogens is 3. The normalized spacial score (nSPS) is 14.0. The standard InChI is InChI=1S/C15H25N5O3/c1-3-16-13(21)10-18(4-2)14(22)11-20-15(23)19-9-7-5-6-8-12(19)17-20/h3-11H2,1-2H3,(H,16,21). The second-order valence-corrected chi connectivity index (χ2v) is 5.68. The van der Waals surface area contributed by atoms with Gasteiger partial charge in [-0.05, 0) is 26.7 Å². The second-order valence-electron chi connectivity index (χ2n) is 5.68. The molecule has 2 rings (SSSR count). The van der Waals surface area contributed by atoms with Crippen LogP contribution >= 0.6 is 0 Å². The van der Waals surface area contributed by atoms with Crippen LogP contribution in [0.15, 0.2) is 4.79 Å². The summed E-state index contributed by atoms with van der Waals surface area (Å²) in [7, 11) is 0. The van der Waals surface area contributed by atoms with Gasteiger partial charge in [-0.15, -0.1) is 0 Å². The highest BCUT2D eigenvalue weighted by Gasteiger charge is 2.20. The monoisotopic (exact) mass is 323 g/mol. The first-order chi connectivity index (χ1) is 11.1. The van der Waals surface area contributed by atoms with Crippen molar-refractivity contribution in [2.24, 2.45) is 0 Å². The van der Waals surface area contributed by atoms with Gasteiger partial charge in [0, 0.05) is 26.1 Å². The molecule has 2 amide bonds. The molecule has 1 aliphatic rings. The Hall–Kier alpha value is -2.12. The molecule has 0 radical (unpaired) electrons. The number of aryl methyl sites for hydroxylation is 1. The zero-order valence-corrected chi connectivity index (χ0v) is 13.9. The molecule has 0 saturated carbocycles. The fourth-order valence-corrected chi connectivity index (χ4v) is 2.76. The molecule has 8 nitrogen and oxygen atoms in total. The first-order valence-corrected chi connectivity index (χ1v) is 8.27. The highest BCUT2D eigenvalue weighted by molar-refractivity contribution is 5.84. The molecule has 8 heteroatoms. The van der Waals surface area contributed by atoms with Crippen LogP contribution < -0.4 is 11.0 Å². The Balaban J connectivity index is 2.07. The average molecular weight is 323 g/mol. The summed E-state index contributed by atoms with van der Waals surface area (Å²) in [4.78, 5) is 37.8. The van der Waals surface area contributed by atoms with Crippen molar-refractivity contribution in [2.45, 2.75) is 52.6 Å². The topological polar surface area (TPSA) is 89.2 Å². The molecule has 1 N–H and O–H groups in total. The number of nitrogens with zero attached hydrogens (tertiary/aromatic N) is 4. The van der Waals surface area contributed by atoms with Crippen LogP contribution in [0.1, 0.15) is 38.9 Å². The fraction of sp³-hybridized carbons (Fsp3) is 0.733. The largest absolute Gasteiger partial charge is 0.355 e. The lowest BCUT2D eigenvalue weighted by Gasteiger charge is -2.19. The van der Waals surface area contributed by atoms with Gasteiger partial charge in [-0.3, -0.25) is 14.2 Å². The lowest BCUT2D eigenvalue weighted by Crippen LogP contribution is -2.43. The molecule has 128 valence electrons. The van der Waals surface area contributed by atoms with E-state index in [1.54, 1.807) is 4.57 Å².